The van der Waals surface area contributed by atoms with E-state index in [-0.39, 0.29) is 0 Å². The van der Waals surface area contributed by atoms with Gasteiger partial charge in [0.15, 0.2) is 0 Å². The number of hydrogen-bond acceptors (Lipinski definition) is 2. The van der Waals surface area contributed by atoms with Gasteiger partial charge < -0.3 is 10.2 Å². The first-order valence-electron chi connectivity index (χ1n) is 8.70. The molecule has 1 N–H and O–H groups in total. The molecule has 2 rings (SSSR count). The van der Waals surface area contributed by atoms with Gasteiger partial charge in [-0.1, -0.05) is 32.1 Å². The molecule has 1 atom stereocenters. The Labute approximate surface area is 120 Å². The molecule has 1 saturated carbocycles. The zero-order valence-corrected chi connectivity index (χ0v) is 13.2. The molecule has 112 valence electrons. The number of piperidine rings is 1. The third-order valence-corrected chi connectivity index (χ3v) is 5.17. The van der Waals surface area contributed by atoms with Gasteiger partial charge in [0.1, 0.15) is 0 Å². The van der Waals surface area contributed by atoms with Crippen molar-refractivity contribution in [2.75, 3.05) is 26.2 Å². The minimum absolute atomic E-state index is 0.713. The first-order valence-corrected chi connectivity index (χ1v) is 8.70. The minimum atomic E-state index is 0.713. The Kier molecular flexibility index (Phi) is 6.66. The van der Waals surface area contributed by atoms with Gasteiger partial charge in [-0.25, -0.2) is 0 Å². The molecule has 0 aromatic carbocycles. The average Bonchev–Trinajstić information content (AvgIpc) is 2.45. The number of nitrogens with one attached hydrogen (secondary N) is 1. The predicted molar refractivity (Wildman–Crippen MR) is 83.5 cm³/mol. The highest BCUT2D eigenvalue weighted by Crippen LogP contribution is 2.27. The lowest BCUT2D eigenvalue weighted by atomic mass is 9.86. The zero-order valence-electron chi connectivity index (χ0n) is 13.2. The van der Waals surface area contributed by atoms with Crippen LogP contribution in [-0.4, -0.2) is 37.1 Å². The molecule has 0 amide bonds. The number of hydrogen-bond donors (Lipinski definition) is 1. The van der Waals surface area contributed by atoms with Crippen molar-refractivity contribution in [2.45, 2.75) is 71.3 Å². The lowest BCUT2D eigenvalue weighted by Gasteiger charge is -2.34. The Morgan fingerprint density at radius 3 is 2.37 bits per heavy atom. The molecule has 2 heteroatoms. The van der Waals surface area contributed by atoms with Crippen LogP contribution in [0.25, 0.3) is 0 Å². The molecular weight excluding hydrogens is 232 g/mol. The number of nitrogens with zero attached hydrogens (tertiary/aromatic N) is 1. The molecule has 1 heterocycles. The molecule has 2 nitrogen and oxygen atoms in total. The van der Waals surface area contributed by atoms with Crippen molar-refractivity contribution < 1.29 is 0 Å². The van der Waals surface area contributed by atoms with Gasteiger partial charge in [0.2, 0.25) is 0 Å². The molecule has 1 aliphatic heterocycles. The van der Waals surface area contributed by atoms with Gasteiger partial charge in [0.25, 0.3) is 0 Å². The summed E-state index contributed by atoms with van der Waals surface area (Å²) in [5.74, 6) is 1.92. The van der Waals surface area contributed by atoms with Crippen molar-refractivity contribution in [2.24, 2.45) is 11.8 Å². The summed E-state index contributed by atoms with van der Waals surface area (Å²) in [6, 6.07) is 0.713. The normalized spacial score (nSPS) is 26.2. The van der Waals surface area contributed by atoms with Gasteiger partial charge in [-0.15, -0.1) is 0 Å². The lowest BCUT2D eigenvalue weighted by molar-refractivity contribution is 0.155. The minimum Gasteiger partial charge on any atom is -0.316 e. The van der Waals surface area contributed by atoms with Gasteiger partial charge in [-0.2, -0.15) is 0 Å². The summed E-state index contributed by atoms with van der Waals surface area (Å²) in [4.78, 5) is 2.74. The molecule has 0 bridgehead atoms. The molecule has 2 aliphatic rings. The van der Waals surface area contributed by atoms with Crippen molar-refractivity contribution >= 4 is 0 Å². The maximum absolute atomic E-state index is 3.56. The summed E-state index contributed by atoms with van der Waals surface area (Å²) in [7, 11) is 0. The molecule has 1 unspecified atom stereocenters. The van der Waals surface area contributed by atoms with Crippen LogP contribution in [0.15, 0.2) is 0 Å². The van der Waals surface area contributed by atoms with Crippen LogP contribution in [-0.2, 0) is 0 Å². The molecule has 19 heavy (non-hydrogen) atoms. The fourth-order valence-electron chi connectivity index (χ4n) is 3.80. The maximum Gasteiger partial charge on any atom is 0.00387 e. The lowest BCUT2D eigenvalue weighted by Crippen LogP contribution is -2.42. The molecule has 0 aromatic rings. The van der Waals surface area contributed by atoms with E-state index >= 15 is 0 Å². The van der Waals surface area contributed by atoms with E-state index in [4.69, 9.17) is 0 Å². The van der Waals surface area contributed by atoms with Crippen LogP contribution in [0.5, 0.6) is 0 Å². The molecule has 0 aromatic heterocycles. The Balaban J connectivity index is 1.71. The predicted octanol–water partition coefficient (Wildman–Crippen LogP) is 3.67. The highest BCUT2D eigenvalue weighted by atomic mass is 15.1. The van der Waals surface area contributed by atoms with E-state index in [2.05, 4.69) is 24.1 Å². The van der Waals surface area contributed by atoms with Crippen LogP contribution in [0.4, 0.5) is 0 Å². The quantitative estimate of drug-likeness (QED) is 0.789. The third kappa shape index (κ3) is 5.43. The van der Waals surface area contributed by atoms with E-state index in [9.17, 15) is 0 Å². The van der Waals surface area contributed by atoms with E-state index in [1.807, 2.05) is 0 Å². The molecule has 0 spiro atoms. The average molecular weight is 266 g/mol. The van der Waals surface area contributed by atoms with Crippen molar-refractivity contribution in [3.8, 4) is 0 Å². The second-order valence-electron chi connectivity index (χ2n) is 7.09. The van der Waals surface area contributed by atoms with Gasteiger partial charge in [0.05, 0.1) is 0 Å². The first kappa shape index (κ1) is 15.3. The highest BCUT2D eigenvalue weighted by Gasteiger charge is 2.20. The van der Waals surface area contributed by atoms with Gasteiger partial charge in [-0.3, -0.25) is 0 Å². The molecular formula is C17H34N2. The highest BCUT2D eigenvalue weighted by molar-refractivity contribution is 4.76. The Hall–Kier alpha value is -0.0800. The summed E-state index contributed by atoms with van der Waals surface area (Å²) in [5.41, 5.74) is 0. The Morgan fingerprint density at radius 1 is 1.00 bits per heavy atom. The van der Waals surface area contributed by atoms with Crippen LogP contribution < -0.4 is 5.32 Å². The van der Waals surface area contributed by atoms with Gasteiger partial charge in [0, 0.05) is 12.6 Å². The van der Waals surface area contributed by atoms with E-state index in [1.165, 1.54) is 77.5 Å². The fraction of sp³-hybridized carbons (Fsp3) is 1.00. The van der Waals surface area contributed by atoms with Crippen molar-refractivity contribution in [3.63, 3.8) is 0 Å². The zero-order chi connectivity index (χ0) is 13.5. The molecule has 1 aliphatic carbocycles. The van der Waals surface area contributed by atoms with Crippen LogP contribution in [0.3, 0.4) is 0 Å². The van der Waals surface area contributed by atoms with E-state index < -0.39 is 0 Å². The first-order chi connectivity index (χ1) is 9.25. The summed E-state index contributed by atoms with van der Waals surface area (Å²) in [6.45, 7) is 9.87. The monoisotopic (exact) mass is 266 g/mol. The van der Waals surface area contributed by atoms with Crippen LogP contribution in [0.1, 0.15) is 65.2 Å². The summed E-state index contributed by atoms with van der Waals surface area (Å²) in [6.07, 6.45) is 11.7. The summed E-state index contributed by atoms with van der Waals surface area (Å²) >= 11 is 0. The topological polar surface area (TPSA) is 15.3 Å². The molecule has 0 radical (unpaired) electrons. The van der Waals surface area contributed by atoms with E-state index in [0.29, 0.717) is 6.04 Å². The smallest absolute Gasteiger partial charge is 0.00387 e. The Bertz CT molecular complexity index is 227. The van der Waals surface area contributed by atoms with Crippen LogP contribution in [0.2, 0.25) is 0 Å². The van der Waals surface area contributed by atoms with Gasteiger partial charge >= 0.3 is 0 Å². The van der Waals surface area contributed by atoms with E-state index in [0.717, 1.165) is 11.8 Å². The number of rotatable bonds is 6. The van der Waals surface area contributed by atoms with Crippen molar-refractivity contribution in [3.05, 3.63) is 0 Å². The standard InChI is InChI=1S/C17H34N2/c1-15(2)19(14-17-9-6-11-18-13-17)12-10-16-7-4-3-5-8-16/h15-18H,3-14H2,1-2H3. The van der Waals surface area contributed by atoms with Crippen molar-refractivity contribution in [1.29, 1.82) is 0 Å². The third-order valence-electron chi connectivity index (χ3n) is 5.17. The second-order valence-corrected chi connectivity index (χ2v) is 7.09. The second kappa shape index (κ2) is 8.26. The molecule has 1 saturated heterocycles. The molecule has 2 fully saturated rings. The fourth-order valence-corrected chi connectivity index (χ4v) is 3.80. The van der Waals surface area contributed by atoms with Crippen molar-refractivity contribution in [1.82, 2.24) is 10.2 Å². The summed E-state index contributed by atoms with van der Waals surface area (Å²) < 4.78 is 0. The largest absolute Gasteiger partial charge is 0.316 e. The van der Waals surface area contributed by atoms with E-state index in [1.54, 1.807) is 0 Å². The SMILES string of the molecule is CC(C)N(CCC1CCCCC1)CC1CCCNC1. The van der Waals surface area contributed by atoms with Crippen LogP contribution >= 0.6 is 0 Å². The summed E-state index contributed by atoms with van der Waals surface area (Å²) in [5, 5.41) is 3.56. The van der Waals surface area contributed by atoms with Gasteiger partial charge in [-0.05, 0) is 64.6 Å². The Morgan fingerprint density at radius 2 is 1.74 bits per heavy atom. The maximum atomic E-state index is 3.56. The van der Waals surface area contributed by atoms with Crippen LogP contribution in [0, 0.1) is 11.8 Å².